The number of hydrogen-bond acceptors (Lipinski definition) is 1. The first kappa shape index (κ1) is 7.60. The van der Waals surface area contributed by atoms with Crippen LogP contribution in [0.3, 0.4) is 0 Å². The van der Waals surface area contributed by atoms with Crippen molar-refractivity contribution >= 4 is 0 Å². The average molecular weight is 154 g/mol. The fraction of sp³-hybridized carbons (Fsp3) is 1.00. The summed E-state index contributed by atoms with van der Waals surface area (Å²) in [5.41, 5.74) is 0.526. The van der Waals surface area contributed by atoms with Gasteiger partial charge in [0.2, 0.25) is 0 Å². The van der Waals surface area contributed by atoms with Crippen molar-refractivity contribution in [3.8, 4) is 0 Å². The zero-order chi connectivity index (χ0) is 8.22. The highest BCUT2D eigenvalue weighted by Crippen LogP contribution is 2.61. The highest BCUT2D eigenvalue weighted by Gasteiger charge is 2.55. The Morgan fingerprint density at radius 3 is 2.27 bits per heavy atom. The average Bonchev–Trinajstić information content (AvgIpc) is 1.93. The minimum absolute atomic E-state index is 0.00762. The van der Waals surface area contributed by atoms with E-state index in [1.165, 1.54) is 6.42 Å². The zero-order valence-electron chi connectivity index (χ0n) is 7.67. The Bertz CT molecular complexity index is 174. The molecule has 0 aromatic heterocycles. The van der Waals surface area contributed by atoms with E-state index in [0.29, 0.717) is 11.3 Å². The van der Waals surface area contributed by atoms with E-state index < -0.39 is 0 Å². The lowest BCUT2D eigenvalue weighted by atomic mass is 9.45. The Balaban J connectivity index is 2.17. The van der Waals surface area contributed by atoms with Gasteiger partial charge in [-0.15, -0.1) is 0 Å². The van der Waals surface area contributed by atoms with Crippen LogP contribution < -0.4 is 0 Å². The predicted molar refractivity (Wildman–Crippen MR) is 45.2 cm³/mol. The molecule has 3 fully saturated rings. The van der Waals surface area contributed by atoms with Crippen LogP contribution in [0.1, 0.15) is 33.6 Å². The van der Waals surface area contributed by atoms with Crippen molar-refractivity contribution in [1.29, 1.82) is 0 Å². The van der Waals surface area contributed by atoms with Crippen LogP contribution in [0.2, 0.25) is 0 Å². The lowest BCUT2D eigenvalue weighted by Crippen LogP contribution is -2.56. The fourth-order valence-corrected chi connectivity index (χ4v) is 3.12. The van der Waals surface area contributed by atoms with Gasteiger partial charge in [-0.25, -0.2) is 0 Å². The molecule has 3 aliphatic rings. The number of aliphatic hydroxyl groups is 1. The highest BCUT2D eigenvalue weighted by atomic mass is 16.3. The van der Waals surface area contributed by atoms with Crippen molar-refractivity contribution in [3.05, 3.63) is 0 Å². The van der Waals surface area contributed by atoms with Gasteiger partial charge in [-0.3, -0.25) is 0 Å². The Kier molecular flexibility index (Phi) is 1.39. The second kappa shape index (κ2) is 2.01. The maximum Gasteiger partial charge on any atom is 0.0571 e. The molecular formula is C10H18O. The molecule has 2 bridgehead atoms. The molecule has 3 saturated carbocycles. The minimum atomic E-state index is -0.00762. The third-order valence-corrected chi connectivity index (χ3v) is 4.31. The van der Waals surface area contributed by atoms with Crippen LogP contribution in [0.5, 0.6) is 0 Å². The van der Waals surface area contributed by atoms with Crippen molar-refractivity contribution in [2.75, 3.05) is 0 Å². The molecule has 4 atom stereocenters. The molecule has 0 heterocycles. The lowest BCUT2D eigenvalue weighted by Gasteiger charge is -2.61. The second-order valence-electron chi connectivity index (χ2n) is 5.02. The molecule has 0 aromatic carbocycles. The van der Waals surface area contributed by atoms with Crippen molar-refractivity contribution in [3.63, 3.8) is 0 Å². The summed E-state index contributed by atoms with van der Waals surface area (Å²) in [4.78, 5) is 0. The van der Waals surface area contributed by atoms with Gasteiger partial charge in [0.1, 0.15) is 0 Å². The molecule has 3 rings (SSSR count). The van der Waals surface area contributed by atoms with E-state index >= 15 is 0 Å². The predicted octanol–water partition coefficient (Wildman–Crippen LogP) is 2.05. The third kappa shape index (κ3) is 0.807. The maximum absolute atomic E-state index is 9.61. The Morgan fingerprint density at radius 1 is 1.27 bits per heavy atom. The van der Waals surface area contributed by atoms with Crippen molar-refractivity contribution in [2.24, 2.45) is 23.2 Å². The summed E-state index contributed by atoms with van der Waals surface area (Å²) < 4.78 is 0. The molecule has 0 saturated heterocycles. The van der Waals surface area contributed by atoms with Gasteiger partial charge in [0.15, 0.2) is 0 Å². The summed E-state index contributed by atoms with van der Waals surface area (Å²) >= 11 is 0. The van der Waals surface area contributed by atoms with Gasteiger partial charge in [-0.05, 0) is 36.0 Å². The van der Waals surface area contributed by atoms with E-state index in [-0.39, 0.29) is 6.10 Å². The zero-order valence-corrected chi connectivity index (χ0v) is 7.67. The SMILES string of the molecule is C[C@@H]1[C@H]2C[C@@H](C[C@@H]1O)C2(C)C. The van der Waals surface area contributed by atoms with E-state index in [4.69, 9.17) is 0 Å². The first-order chi connectivity index (χ1) is 5.03. The summed E-state index contributed by atoms with van der Waals surface area (Å²) in [5, 5.41) is 9.61. The van der Waals surface area contributed by atoms with Crippen LogP contribution in [0.25, 0.3) is 0 Å². The van der Waals surface area contributed by atoms with Gasteiger partial charge in [0.05, 0.1) is 6.10 Å². The van der Waals surface area contributed by atoms with Gasteiger partial charge in [0, 0.05) is 0 Å². The lowest BCUT2D eigenvalue weighted by molar-refractivity contribution is -0.154. The minimum Gasteiger partial charge on any atom is -0.393 e. The summed E-state index contributed by atoms with van der Waals surface area (Å²) in [6.45, 7) is 6.91. The monoisotopic (exact) mass is 154 g/mol. The fourth-order valence-electron chi connectivity index (χ4n) is 3.12. The molecule has 64 valence electrons. The molecule has 0 spiro atoms. The second-order valence-corrected chi connectivity index (χ2v) is 5.02. The number of rotatable bonds is 0. The summed E-state index contributed by atoms with van der Waals surface area (Å²) in [7, 11) is 0. The summed E-state index contributed by atoms with van der Waals surface area (Å²) in [6, 6.07) is 0. The van der Waals surface area contributed by atoms with Gasteiger partial charge in [0.25, 0.3) is 0 Å². The normalized spacial score (nSPS) is 53.5. The molecule has 0 unspecified atom stereocenters. The standard InChI is InChI=1S/C10H18O/c1-6-8-4-7(5-9(6)11)10(8,2)3/h6-9,11H,4-5H2,1-3H3/t6-,7+,8-,9+/m1/s1. The molecular weight excluding hydrogens is 136 g/mol. The van der Waals surface area contributed by atoms with Crippen LogP contribution in [-0.4, -0.2) is 11.2 Å². The molecule has 11 heavy (non-hydrogen) atoms. The quantitative estimate of drug-likeness (QED) is 0.566. The molecule has 1 N–H and O–H groups in total. The Labute approximate surface area is 68.8 Å². The first-order valence-corrected chi connectivity index (χ1v) is 4.71. The van der Waals surface area contributed by atoms with Crippen LogP contribution in [-0.2, 0) is 0 Å². The molecule has 1 nitrogen and oxygen atoms in total. The smallest absolute Gasteiger partial charge is 0.0571 e. The topological polar surface area (TPSA) is 20.2 Å². The van der Waals surface area contributed by atoms with Crippen molar-refractivity contribution < 1.29 is 5.11 Å². The van der Waals surface area contributed by atoms with Crippen molar-refractivity contribution in [1.82, 2.24) is 0 Å². The molecule has 3 aliphatic carbocycles. The third-order valence-electron chi connectivity index (χ3n) is 4.31. The van der Waals surface area contributed by atoms with Gasteiger partial charge in [-0.2, -0.15) is 0 Å². The molecule has 0 aromatic rings. The van der Waals surface area contributed by atoms with Crippen LogP contribution >= 0.6 is 0 Å². The van der Waals surface area contributed by atoms with Crippen molar-refractivity contribution in [2.45, 2.75) is 39.7 Å². The molecule has 1 heteroatoms. The van der Waals surface area contributed by atoms with Gasteiger partial charge in [-0.1, -0.05) is 20.8 Å². The summed E-state index contributed by atoms with van der Waals surface area (Å²) in [6.07, 6.45) is 2.40. The van der Waals surface area contributed by atoms with E-state index in [1.54, 1.807) is 0 Å². The van der Waals surface area contributed by atoms with E-state index in [1.807, 2.05) is 0 Å². The summed E-state index contributed by atoms with van der Waals surface area (Å²) in [5.74, 6) is 2.13. The first-order valence-electron chi connectivity index (χ1n) is 4.71. The number of fused-ring (bicyclic) bond motifs is 2. The molecule has 0 radical (unpaired) electrons. The Hall–Kier alpha value is -0.0400. The van der Waals surface area contributed by atoms with E-state index in [0.717, 1.165) is 18.3 Å². The number of hydrogen-bond donors (Lipinski definition) is 1. The van der Waals surface area contributed by atoms with E-state index in [9.17, 15) is 5.11 Å². The number of aliphatic hydroxyl groups excluding tert-OH is 1. The molecule has 0 aliphatic heterocycles. The van der Waals surface area contributed by atoms with Crippen LogP contribution in [0.15, 0.2) is 0 Å². The van der Waals surface area contributed by atoms with Gasteiger partial charge < -0.3 is 5.11 Å². The highest BCUT2D eigenvalue weighted by molar-refractivity contribution is 5.04. The maximum atomic E-state index is 9.61. The van der Waals surface area contributed by atoms with E-state index in [2.05, 4.69) is 20.8 Å². The molecule has 0 amide bonds. The Morgan fingerprint density at radius 2 is 1.91 bits per heavy atom. The van der Waals surface area contributed by atoms with Gasteiger partial charge >= 0.3 is 0 Å². The van der Waals surface area contributed by atoms with Crippen LogP contribution in [0, 0.1) is 23.2 Å². The largest absolute Gasteiger partial charge is 0.393 e. The van der Waals surface area contributed by atoms with Crippen LogP contribution in [0.4, 0.5) is 0 Å².